The predicted octanol–water partition coefficient (Wildman–Crippen LogP) is 3.34. The van der Waals surface area contributed by atoms with Crippen molar-refractivity contribution in [2.75, 3.05) is 19.8 Å². The summed E-state index contributed by atoms with van der Waals surface area (Å²) in [6, 6.07) is 7.56. The summed E-state index contributed by atoms with van der Waals surface area (Å²) in [5.41, 5.74) is 0.739. The number of ether oxygens (including phenoxy) is 1. The number of benzene rings is 1. The molecular weight excluding hydrogens is 544 g/mol. The van der Waals surface area contributed by atoms with Crippen LogP contribution in [0.2, 0.25) is 0 Å². The van der Waals surface area contributed by atoms with Crippen molar-refractivity contribution in [2.45, 2.75) is 53.2 Å². The first-order valence-corrected chi connectivity index (χ1v) is 14.0. The maximum absolute atomic E-state index is 14.3. The molecule has 2 amide bonds. The van der Waals surface area contributed by atoms with Gasteiger partial charge in [0.2, 0.25) is 11.8 Å². The Bertz CT molecular complexity index is 1040. The van der Waals surface area contributed by atoms with Crippen LogP contribution < -0.4 is 0 Å². The Hall–Kier alpha value is -2.10. The third kappa shape index (κ3) is 4.23. The lowest BCUT2D eigenvalue weighted by Gasteiger charge is -2.41. The van der Waals surface area contributed by atoms with Crippen LogP contribution in [0, 0.1) is 11.8 Å². The fourth-order valence-corrected chi connectivity index (χ4v) is 9.65. The molecule has 2 bridgehead atoms. The van der Waals surface area contributed by atoms with Gasteiger partial charge in [0.25, 0.3) is 0 Å². The van der Waals surface area contributed by atoms with E-state index in [1.807, 2.05) is 44.2 Å². The van der Waals surface area contributed by atoms with Gasteiger partial charge in [0, 0.05) is 22.7 Å². The first-order chi connectivity index (χ1) is 17.2. The lowest BCUT2D eigenvalue weighted by atomic mass is 9.71. The van der Waals surface area contributed by atoms with E-state index in [1.165, 1.54) is 6.08 Å². The summed E-state index contributed by atoms with van der Waals surface area (Å²) in [5, 5.41) is 10.3. The number of carbonyl (C=O) groups is 3. The van der Waals surface area contributed by atoms with Gasteiger partial charge in [-0.05, 0) is 25.8 Å². The number of aliphatic hydroxyl groups is 1. The van der Waals surface area contributed by atoms with Crippen molar-refractivity contribution < 1.29 is 24.2 Å². The largest absolute Gasteiger partial charge is 0.461 e. The Morgan fingerprint density at radius 1 is 1.31 bits per heavy atom. The Balaban J connectivity index is 1.85. The van der Waals surface area contributed by atoms with E-state index in [0.717, 1.165) is 5.56 Å². The van der Waals surface area contributed by atoms with Crippen molar-refractivity contribution in [3.8, 4) is 0 Å². The molecule has 3 fully saturated rings. The van der Waals surface area contributed by atoms with E-state index in [-0.39, 0.29) is 41.1 Å². The van der Waals surface area contributed by atoms with Gasteiger partial charge in [0.15, 0.2) is 0 Å². The van der Waals surface area contributed by atoms with Gasteiger partial charge >= 0.3 is 5.97 Å². The maximum Gasteiger partial charge on any atom is 0.311 e. The number of hydrogen-bond donors (Lipinski definition) is 1. The lowest BCUT2D eigenvalue weighted by Crippen LogP contribution is -2.57. The molecule has 4 rings (SSSR count). The number of esters is 1. The number of alkyl halides is 1. The molecular formula is C27H33BrN2O5S. The zero-order valence-electron chi connectivity index (χ0n) is 20.6. The second-order valence-electron chi connectivity index (χ2n) is 9.81. The number of thioether (sulfide) groups is 1. The van der Waals surface area contributed by atoms with Crippen LogP contribution in [0.3, 0.4) is 0 Å². The number of aliphatic hydroxyl groups excluding tert-OH is 1. The minimum atomic E-state index is -0.845. The quantitative estimate of drug-likeness (QED) is 0.261. The summed E-state index contributed by atoms with van der Waals surface area (Å²) in [4.78, 5) is 45.0. The van der Waals surface area contributed by atoms with Gasteiger partial charge < -0.3 is 19.6 Å². The highest BCUT2D eigenvalue weighted by atomic mass is 79.9. The van der Waals surface area contributed by atoms with Crippen molar-refractivity contribution in [1.82, 2.24) is 9.80 Å². The third-order valence-corrected chi connectivity index (χ3v) is 10.7. The van der Waals surface area contributed by atoms with E-state index in [4.69, 9.17) is 4.74 Å². The molecule has 1 aromatic carbocycles. The van der Waals surface area contributed by atoms with Gasteiger partial charge in [0.05, 0.1) is 29.2 Å². The second kappa shape index (κ2) is 10.7. The van der Waals surface area contributed by atoms with Crippen LogP contribution in [-0.4, -0.2) is 79.4 Å². The molecule has 7 atom stereocenters. The summed E-state index contributed by atoms with van der Waals surface area (Å²) < 4.78 is 4.62. The molecule has 0 aromatic heterocycles. The number of rotatable bonds is 10. The van der Waals surface area contributed by atoms with Crippen molar-refractivity contribution >= 4 is 45.5 Å². The van der Waals surface area contributed by atoms with Crippen LogP contribution in [0.5, 0.6) is 0 Å². The maximum atomic E-state index is 14.3. The Morgan fingerprint density at radius 2 is 2.00 bits per heavy atom. The molecule has 1 spiro atoms. The number of fused-ring (bicyclic) bond motifs is 1. The summed E-state index contributed by atoms with van der Waals surface area (Å²) in [6.07, 6.45) is 3.74. The average molecular weight is 578 g/mol. The summed E-state index contributed by atoms with van der Waals surface area (Å²) in [6.45, 7) is 11.3. The van der Waals surface area contributed by atoms with E-state index in [2.05, 4.69) is 29.1 Å². The van der Waals surface area contributed by atoms with Gasteiger partial charge in [-0.25, -0.2) is 0 Å². The highest BCUT2D eigenvalue weighted by molar-refractivity contribution is 9.09. The molecule has 9 heteroatoms. The smallest absolute Gasteiger partial charge is 0.311 e. The van der Waals surface area contributed by atoms with Crippen molar-refractivity contribution in [3.63, 3.8) is 0 Å². The van der Waals surface area contributed by atoms with E-state index in [9.17, 15) is 19.5 Å². The third-order valence-electron chi connectivity index (χ3n) is 7.50. The summed E-state index contributed by atoms with van der Waals surface area (Å²) in [5.74, 6) is -2.33. The highest BCUT2D eigenvalue weighted by Gasteiger charge is 2.76. The van der Waals surface area contributed by atoms with Gasteiger partial charge in [-0.2, -0.15) is 0 Å². The minimum Gasteiger partial charge on any atom is -0.461 e. The number of hydrogen-bond acceptors (Lipinski definition) is 6. The summed E-state index contributed by atoms with van der Waals surface area (Å²) >= 11 is 5.30. The highest BCUT2D eigenvalue weighted by Crippen LogP contribution is 2.68. The Kier molecular flexibility index (Phi) is 8.02. The van der Waals surface area contributed by atoms with Crippen molar-refractivity contribution in [1.29, 1.82) is 0 Å². The van der Waals surface area contributed by atoms with Crippen LogP contribution in [-0.2, 0) is 19.1 Å². The van der Waals surface area contributed by atoms with Crippen LogP contribution >= 0.6 is 27.7 Å². The van der Waals surface area contributed by atoms with Gasteiger partial charge in [-0.3, -0.25) is 14.4 Å². The Labute approximate surface area is 225 Å². The molecule has 194 valence electrons. The normalized spacial score (nSPS) is 31.3. The molecule has 36 heavy (non-hydrogen) atoms. The van der Waals surface area contributed by atoms with Crippen molar-refractivity contribution in [3.05, 3.63) is 61.2 Å². The molecule has 3 aliphatic heterocycles. The molecule has 3 saturated heterocycles. The average Bonchev–Trinajstić information content (AvgIpc) is 3.45. The SMILES string of the molecule is C=CCOC(=O)[C@H]1[C@@H]2SC3(CC2Br)C(C(=O)N(CC=C)C(C)C)N([C@H](CO)c2ccccc2)C(=O)[C@H]13. The second-order valence-corrected chi connectivity index (χ2v) is 12.5. The van der Waals surface area contributed by atoms with Crippen LogP contribution in [0.1, 0.15) is 31.9 Å². The van der Waals surface area contributed by atoms with E-state index in [0.29, 0.717) is 13.0 Å². The fourth-order valence-electron chi connectivity index (χ4n) is 6.07. The molecule has 0 aliphatic carbocycles. The minimum absolute atomic E-state index is 0.0562. The monoisotopic (exact) mass is 576 g/mol. The predicted molar refractivity (Wildman–Crippen MR) is 144 cm³/mol. The molecule has 3 unspecified atom stereocenters. The molecule has 3 aliphatic rings. The van der Waals surface area contributed by atoms with Crippen LogP contribution in [0.25, 0.3) is 0 Å². The van der Waals surface area contributed by atoms with Crippen LogP contribution in [0.15, 0.2) is 55.6 Å². The molecule has 3 heterocycles. The van der Waals surface area contributed by atoms with Crippen molar-refractivity contribution in [2.24, 2.45) is 11.8 Å². The molecule has 1 N–H and O–H groups in total. The lowest BCUT2D eigenvalue weighted by molar-refractivity contribution is -0.153. The fraction of sp³-hybridized carbons (Fsp3) is 0.519. The topological polar surface area (TPSA) is 87.2 Å². The van der Waals surface area contributed by atoms with E-state index in [1.54, 1.807) is 27.6 Å². The number of likely N-dealkylation sites (tertiary alicyclic amines) is 1. The van der Waals surface area contributed by atoms with Gasteiger partial charge in [-0.15, -0.1) is 18.3 Å². The van der Waals surface area contributed by atoms with Gasteiger partial charge in [0.1, 0.15) is 12.6 Å². The number of nitrogens with zero attached hydrogens (tertiary/aromatic N) is 2. The van der Waals surface area contributed by atoms with Gasteiger partial charge in [-0.1, -0.05) is 65.0 Å². The molecule has 0 saturated carbocycles. The zero-order chi connectivity index (χ0) is 26.2. The molecule has 0 radical (unpaired) electrons. The molecule has 1 aromatic rings. The number of halogens is 1. The van der Waals surface area contributed by atoms with E-state index < -0.39 is 34.6 Å². The van der Waals surface area contributed by atoms with Crippen LogP contribution in [0.4, 0.5) is 0 Å². The first-order valence-electron chi connectivity index (χ1n) is 12.2. The Morgan fingerprint density at radius 3 is 2.58 bits per heavy atom. The molecule has 7 nitrogen and oxygen atoms in total. The zero-order valence-corrected chi connectivity index (χ0v) is 23.0. The standard InChI is InChI=1S/C27H33BrN2O5S/c1-5-12-29(16(3)4)25(33)23-27-14-18(28)22(36-27)20(26(34)35-13-6-2)21(27)24(32)30(23)19(15-31)17-10-8-7-9-11-17/h5-11,16,18-23,31H,1-2,12-15H2,3-4H3/t18?,19-,20-,21+,22-,23?,27?/m1/s1. The first kappa shape index (κ1) is 26.9. The number of carbonyl (C=O) groups excluding carboxylic acids is 3. The van der Waals surface area contributed by atoms with E-state index >= 15 is 0 Å². The number of amides is 2. The summed E-state index contributed by atoms with van der Waals surface area (Å²) in [7, 11) is 0.